The van der Waals surface area contributed by atoms with Crippen molar-refractivity contribution in [2.75, 3.05) is 19.0 Å². The molecule has 172 valence electrons. The molecule has 1 heterocycles. The quantitative estimate of drug-likeness (QED) is 0.552. The van der Waals surface area contributed by atoms with Crippen molar-refractivity contribution >= 4 is 21.6 Å². The zero-order chi connectivity index (χ0) is 23.4. The van der Waals surface area contributed by atoms with Gasteiger partial charge in [0, 0.05) is 24.3 Å². The molecule has 1 amide bonds. The van der Waals surface area contributed by atoms with Crippen LogP contribution >= 0.6 is 0 Å². The molecule has 0 saturated heterocycles. The van der Waals surface area contributed by atoms with Gasteiger partial charge in [0.2, 0.25) is 10.0 Å². The Labute approximate surface area is 195 Å². The maximum atomic E-state index is 13.1. The molecule has 0 spiro atoms. The Morgan fingerprint density at radius 2 is 1.73 bits per heavy atom. The minimum atomic E-state index is -3.63. The summed E-state index contributed by atoms with van der Waals surface area (Å²) in [6.07, 6.45) is 2.67. The Kier molecular flexibility index (Phi) is 6.81. The summed E-state index contributed by atoms with van der Waals surface area (Å²) in [5.41, 5.74) is 4.45. The van der Waals surface area contributed by atoms with Gasteiger partial charge in [0.25, 0.3) is 5.91 Å². The monoisotopic (exact) mass is 464 g/mol. The Balaban J connectivity index is 1.49. The first-order valence-electron chi connectivity index (χ1n) is 11.1. The SMILES string of the molecule is CCCc1ccc(C(=O)Nc2ccc3c(c2)CN(S(=O)(=O)c2ccc(OC)cc2)CC3)cc1. The van der Waals surface area contributed by atoms with Gasteiger partial charge < -0.3 is 10.1 Å². The normalized spacial score (nSPS) is 13.9. The first-order chi connectivity index (χ1) is 15.9. The zero-order valence-electron chi connectivity index (χ0n) is 18.9. The number of sulfonamides is 1. The van der Waals surface area contributed by atoms with Crippen molar-refractivity contribution in [2.45, 2.75) is 37.6 Å². The molecule has 3 aromatic rings. The summed E-state index contributed by atoms with van der Waals surface area (Å²) in [7, 11) is -2.08. The fourth-order valence-corrected chi connectivity index (χ4v) is 5.44. The number of carbonyl (C=O) groups is 1. The number of carbonyl (C=O) groups excluding carboxylic acids is 1. The molecule has 0 unspecified atom stereocenters. The van der Waals surface area contributed by atoms with Gasteiger partial charge in [-0.15, -0.1) is 0 Å². The lowest BCUT2D eigenvalue weighted by Crippen LogP contribution is -2.36. The molecule has 0 radical (unpaired) electrons. The number of methoxy groups -OCH3 is 1. The van der Waals surface area contributed by atoms with Crippen molar-refractivity contribution < 1.29 is 17.9 Å². The van der Waals surface area contributed by atoms with Crippen LogP contribution in [0.1, 0.15) is 40.4 Å². The number of nitrogens with one attached hydrogen (secondary N) is 1. The van der Waals surface area contributed by atoms with Crippen molar-refractivity contribution in [3.05, 3.63) is 89.0 Å². The predicted octanol–water partition coefficient (Wildman–Crippen LogP) is 4.65. The van der Waals surface area contributed by atoms with E-state index < -0.39 is 10.0 Å². The predicted molar refractivity (Wildman–Crippen MR) is 129 cm³/mol. The second-order valence-electron chi connectivity index (χ2n) is 8.15. The summed E-state index contributed by atoms with van der Waals surface area (Å²) >= 11 is 0. The summed E-state index contributed by atoms with van der Waals surface area (Å²) in [6, 6.07) is 19.7. The number of ether oxygens (including phenoxy) is 1. The van der Waals surface area contributed by atoms with E-state index in [2.05, 4.69) is 12.2 Å². The molecule has 0 fully saturated rings. The van der Waals surface area contributed by atoms with E-state index in [0.717, 1.165) is 24.0 Å². The summed E-state index contributed by atoms with van der Waals surface area (Å²) < 4.78 is 32.9. The molecule has 6 nitrogen and oxygen atoms in total. The third-order valence-corrected chi connectivity index (χ3v) is 7.75. The summed E-state index contributed by atoms with van der Waals surface area (Å²) in [4.78, 5) is 12.9. The molecule has 1 aliphatic rings. The van der Waals surface area contributed by atoms with E-state index in [-0.39, 0.29) is 17.3 Å². The summed E-state index contributed by atoms with van der Waals surface area (Å²) in [6.45, 7) is 2.80. The highest BCUT2D eigenvalue weighted by atomic mass is 32.2. The van der Waals surface area contributed by atoms with Crippen LogP contribution in [0, 0.1) is 0 Å². The van der Waals surface area contributed by atoms with Crippen molar-refractivity contribution in [3.8, 4) is 5.75 Å². The lowest BCUT2D eigenvalue weighted by molar-refractivity contribution is 0.102. The molecule has 7 heteroatoms. The highest BCUT2D eigenvalue weighted by Gasteiger charge is 2.28. The average Bonchev–Trinajstić information content (AvgIpc) is 2.84. The van der Waals surface area contributed by atoms with Crippen LogP contribution in [0.5, 0.6) is 5.75 Å². The fraction of sp³-hybridized carbons (Fsp3) is 0.269. The van der Waals surface area contributed by atoms with E-state index in [9.17, 15) is 13.2 Å². The fourth-order valence-electron chi connectivity index (χ4n) is 4.03. The molecule has 3 aromatic carbocycles. The third-order valence-electron chi connectivity index (χ3n) is 5.89. The van der Waals surface area contributed by atoms with Crippen LogP contribution in [0.3, 0.4) is 0 Å². The molecule has 0 aromatic heterocycles. The van der Waals surface area contributed by atoms with E-state index in [4.69, 9.17) is 4.74 Å². The number of aryl methyl sites for hydroxylation is 1. The van der Waals surface area contributed by atoms with Crippen LogP contribution in [0.2, 0.25) is 0 Å². The van der Waals surface area contributed by atoms with Crippen LogP contribution in [0.25, 0.3) is 0 Å². The molecular weight excluding hydrogens is 436 g/mol. The van der Waals surface area contributed by atoms with Crippen LogP contribution in [-0.4, -0.2) is 32.3 Å². The topological polar surface area (TPSA) is 75.7 Å². The first kappa shape index (κ1) is 23.0. The second kappa shape index (κ2) is 9.77. The standard InChI is InChI=1S/C26H28N2O4S/c1-3-4-19-5-7-21(8-6-19)26(29)27-23-10-9-20-15-16-28(18-22(20)17-23)33(30,31)25-13-11-24(32-2)12-14-25/h5-14,17H,3-4,15-16,18H2,1-2H3,(H,27,29). The highest BCUT2D eigenvalue weighted by molar-refractivity contribution is 7.89. The van der Waals surface area contributed by atoms with E-state index in [1.54, 1.807) is 31.4 Å². The van der Waals surface area contributed by atoms with E-state index in [0.29, 0.717) is 30.0 Å². The number of hydrogen-bond acceptors (Lipinski definition) is 4. The lowest BCUT2D eigenvalue weighted by Gasteiger charge is -2.28. The van der Waals surface area contributed by atoms with Crippen LogP contribution in [-0.2, 0) is 29.4 Å². The first-order valence-corrected chi connectivity index (χ1v) is 12.5. The van der Waals surface area contributed by atoms with Crippen LogP contribution in [0.4, 0.5) is 5.69 Å². The lowest BCUT2D eigenvalue weighted by atomic mass is 10.0. The molecule has 1 aliphatic heterocycles. The molecule has 0 aliphatic carbocycles. The summed E-state index contributed by atoms with van der Waals surface area (Å²) in [5.74, 6) is 0.426. The molecule has 4 rings (SSSR count). The van der Waals surface area contributed by atoms with Crippen molar-refractivity contribution in [2.24, 2.45) is 0 Å². The van der Waals surface area contributed by atoms with Gasteiger partial charge in [0.1, 0.15) is 5.75 Å². The zero-order valence-corrected chi connectivity index (χ0v) is 19.7. The smallest absolute Gasteiger partial charge is 0.255 e. The van der Waals surface area contributed by atoms with Gasteiger partial charge in [-0.25, -0.2) is 8.42 Å². The molecule has 1 N–H and O–H groups in total. The maximum Gasteiger partial charge on any atom is 0.255 e. The Morgan fingerprint density at radius 1 is 1.00 bits per heavy atom. The van der Waals surface area contributed by atoms with E-state index in [1.807, 2.05) is 42.5 Å². The van der Waals surface area contributed by atoms with Gasteiger partial charge in [-0.1, -0.05) is 31.5 Å². The minimum Gasteiger partial charge on any atom is -0.497 e. The maximum absolute atomic E-state index is 13.1. The van der Waals surface area contributed by atoms with Gasteiger partial charge in [-0.3, -0.25) is 4.79 Å². The van der Waals surface area contributed by atoms with Crippen molar-refractivity contribution in [1.29, 1.82) is 0 Å². The largest absolute Gasteiger partial charge is 0.497 e. The number of hydrogen-bond donors (Lipinski definition) is 1. The molecular formula is C26H28N2O4S. The average molecular weight is 465 g/mol. The van der Waals surface area contributed by atoms with E-state index in [1.165, 1.54) is 9.87 Å². The van der Waals surface area contributed by atoms with E-state index >= 15 is 0 Å². The van der Waals surface area contributed by atoms with Crippen LogP contribution < -0.4 is 10.1 Å². The Bertz CT molecular complexity index is 1240. The Morgan fingerprint density at radius 3 is 2.39 bits per heavy atom. The Hall–Kier alpha value is -3.16. The number of nitrogens with zero attached hydrogens (tertiary/aromatic N) is 1. The van der Waals surface area contributed by atoms with Gasteiger partial charge >= 0.3 is 0 Å². The van der Waals surface area contributed by atoms with Crippen molar-refractivity contribution in [3.63, 3.8) is 0 Å². The molecule has 0 saturated carbocycles. The third kappa shape index (κ3) is 5.10. The number of benzene rings is 3. The van der Waals surface area contributed by atoms with Gasteiger partial charge in [0.05, 0.1) is 12.0 Å². The highest BCUT2D eigenvalue weighted by Crippen LogP contribution is 2.28. The van der Waals surface area contributed by atoms with Crippen LogP contribution in [0.15, 0.2) is 71.6 Å². The van der Waals surface area contributed by atoms with Gasteiger partial charge in [-0.2, -0.15) is 4.31 Å². The number of amides is 1. The van der Waals surface area contributed by atoms with Gasteiger partial charge in [0.15, 0.2) is 0 Å². The number of rotatable bonds is 7. The number of fused-ring (bicyclic) bond motifs is 1. The molecule has 0 atom stereocenters. The second-order valence-corrected chi connectivity index (χ2v) is 10.1. The minimum absolute atomic E-state index is 0.184. The number of anilines is 1. The van der Waals surface area contributed by atoms with Gasteiger partial charge in [-0.05, 0) is 78.1 Å². The molecule has 0 bridgehead atoms. The van der Waals surface area contributed by atoms with Crippen molar-refractivity contribution in [1.82, 2.24) is 4.31 Å². The molecule has 33 heavy (non-hydrogen) atoms. The summed E-state index contributed by atoms with van der Waals surface area (Å²) in [5, 5.41) is 2.94.